The molecule has 1 aromatic heterocycles. The van der Waals surface area contributed by atoms with Gasteiger partial charge in [-0.25, -0.2) is 9.59 Å². The van der Waals surface area contributed by atoms with Crippen molar-refractivity contribution in [1.82, 2.24) is 14.5 Å². The average molecular weight is 405 g/mol. The van der Waals surface area contributed by atoms with E-state index in [2.05, 4.69) is 10.3 Å². The molecule has 2 aromatic carbocycles. The van der Waals surface area contributed by atoms with Crippen LogP contribution in [0, 0.1) is 6.92 Å². The number of aryl methyl sites for hydroxylation is 1. The Morgan fingerprint density at radius 1 is 1.19 bits per heavy atom. The number of nitrogens with zero attached hydrogens (tertiary/aromatic N) is 2. The van der Waals surface area contributed by atoms with Gasteiger partial charge < -0.3 is 15.2 Å². The summed E-state index contributed by atoms with van der Waals surface area (Å²) >= 11 is 12.2. The molecule has 0 fully saturated rings. The third-order valence-corrected chi connectivity index (χ3v) is 4.99. The number of aromatic nitrogens is 2. The number of imidazole rings is 1. The van der Waals surface area contributed by atoms with Crippen LogP contribution in [0.1, 0.15) is 11.3 Å². The van der Waals surface area contributed by atoms with Gasteiger partial charge in [-0.3, -0.25) is 4.57 Å². The van der Waals surface area contributed by atoms with Crippen LogP contribution in [-0.2, 0) is 6.54 Å². The van der Waals surface area contributed by atoms with Gasteiger partial charge in [0.25, 0.3) is 0 Å². The first-order valence-electron chi connectivity index (χ1n) is 8.20. The Balaban J connectivity index is 1.83. The fraction of sp³-hybridized carbons (Fsp3) is 0.158. The Morgan fingerprint density at radius 3 is 2.63 bits per heavy atom. The van der Waals surface area contributed by atoms with Crippen LogP contribution in [0.4, 0.5) is 10.5 Å². The molecular formula is C19H18Cl2N4O2. The number of hydrogen-bond donors (Lipinski definition) is 2. The second kappa shape index (κ2) is 7.90. The van der Waals surface area contributed by atoms with Crippen LogP contribution >= 0.6 is 23.2 Å². The van der Waals surface area contributed by atoms with Gasteiger partial charge in [0.2, 0.25) is 0 Å². The number of anilines is 1. The van der Waals surface area contributed by atoms with Gasteiger partial charge >= 0.3 is 11.7 Å². The molecule has 0 spiro atoms. The number of H-pyrrole nitrogens is 1. The fourth-order valence-corrected chi connectivity index (χ4v) is 3.12. The summed E-state index contributed by atoms with van der Waals surface area (Å²) < 4.78 is 1.50. The molecule has 0 radical (unpaired) electrons. The lowest BCUT2D eigenvalue weighted by molar-refractivity contribution is 0.220. The molecule has 0 aliphatic heterocycles. The summed E-state index contributed by atoms with van der Waals surface area (Å²) in [5.41, 5.74) is 2.32. The molecule has 2 amide bonds. The standard InChI is InChI=1S/C19H18Cl2N4O2/c1-12-10-22-18(26)25(12)16-9-4-3-8-15(16)23-19(27)24(2)11-13-6-5-7-14(20)17(13)21/h3-10H,11H2,1-2H3,(H,22,26)(H,23,27). The predicted molar refractivity (Wildman–Crippen MR) is 108 cm³/mol. The number of carbonyl (C=O) groups is 1. The quantitative estimate of drug-likeness (QED) is 0.674. The Hall–Kier alpha value is -2.70. The summed E-state index contributed by atoms with van der Waals surface area (Å²) in [7, 11) is 1.66. The predicted octanol–water partition coefficient (Wildman–Crippen LogP) is 4.44. The molecule has 0 unspecified atom stereocenters. The zero-order chi connectivity index (χ0) is 19.6. The lowest BCUT2D eigenvalue weighted by Gasteiger charge is -2.20. The molecule has 0 atom stereocenters. The summed E-state index contributed by atoms with van der Waals surface area (Å²) in [4.78, 5) is 28.9. The lowest BCUT2D eigenvalue weighted by atomic mass is 10.2. The summed E-state index contributed by atoms with van der Waals surface area (Å²) in [6.07, 6.45) is 1.62. The van der Waals surface area contributed by atoms with Crippen LogP contribution in [-0.4, -0.2) is 27.5 Å². The van der Waals surface area contributed by atoms with E-state index in [1.54, 1.807) is 49.6 Å². The number of urea groups is 1. The topological polar surface area (TPSA) is 70.1 Å². The molecule has 2 N–H and O–H groups in total. The second-order valence-corrected chi connectivity index (χ2v) is 6.87. The number of amides is 2. The number of benzene rings is 2. The third kappa shape index (κ3) is 4.02. The highest BCUT2D eigenvalue weighted by atomic mass is 35.5. The smallest absolute Gasteiger partial charge is 0.323 e. The first-order valence-corrected chi connectivity index (χ1v) is 8.95. The monoisotopic (exact) mass is 404 g/mol. The molecule has 0 saturated heterocycles. The summed E-state index contributed by atoms with van der Waals surface area (Å²) in [5, 5.41) is 3.71. The van der Waals surface area contributed by atoms with Crippen molar-refractivity contribution in [3.63, 3.8) is 0 Å². The highest BCUT2D eigenvalue weighted by molar-refractivity contribution is 6.42. The van der Waals surface area contributed by atoms with E-state index in [-0.39, 0.29) is 18.3 Å². The number of hydrogen-bond acceptors (Lipinski definition) is 2. The van der Waals surface area contributed by atoms with E-state index >= 15 is 0 Å². The molecule has 27 heavy (non-hydrogen) atoms. The highest BCUT2D eigenvalue weighted by Crippen LogP contribution is 2.26. The van der Waals surface area contributed by atoms with Crippen LogP contribution in [0.5, 0.6) is 0 Å². The van der Waals surface area contributed by atoms with Crippen LogP contribution < -0.4 is 11.0 Å². The molecule has 3 aromatic rings. The van der Waals surface area contributed by atoms with Crippen molar-refractivity contribution in [1.29, 1.82) is 0 Å². The molecular weight excluding hydrogens is 387 g/mol. The molecule has 0 aliphatic carbocycles. The first-order chi connectivity index (χ1) is 12.9. The van der Waals surface area contributed by atoms with Gasteiger partial charge in [-0.1, -0.05) is 47.5 Å². The summed E-state index contributed by atoms with van der Waals surface area (Å²) in [6, 6.07) is 12.1. The second-order valence-electron chi connectivity index (χ2n) is 6.09. The third-order valence-electron chi connectivity index (χ3n) is 4.13. The summed E-state index contributed by atoms with van der Waals surface area (Å²) in [5.74, 6) is 0. The number of para-hydroxylation sites is 2. The summed E-state index contributed by atoms with van der Waals surface area (Å²) in [6.45, 7) is 2.10. The largest absolute Gasteiger partial charge is 0.330 e. The zero-order valence-corrected chi connectivity index (χ0v) is 16.3. The van der Waals surface area contributed by atoms with E-state index in [0.29, 0.717) is 21.4 Å². The van der Waals surface area contributed by atoms with Crippen molar-refractivity contribution in [2.45, 2.75) is 13.5 Å². The minimum atomic E-state index is -0.334. The van der Waals surface area contributed by atoms with E-state index in [0.717, 1.165) is 11.3 Å². The number of aromatic amines is 1. The van der Waals surface area contributed by atoms with Gasteiger partial charge in [0.1, 0.15) is 0 Å². The SMILES string of the molecule is Cc1c[nH]c(=O)n1-c1ccccc1NC(=O)N(C)Cc1cccc(Cl)c1Cl. The molecule has 0 saturated carbocycles. The van der Waals surface area contributed by atoms with Gasteiger partial charge in [0, 0.05) is 25.5 Å². The molecule has 140 valence electrons. The van der Waals surface area contributed by atoms with E-state index < -0.39 is 0 Å². The molecule has 1 heterocycles. The van der Waals surface area contributed by atoms with Crippen molar-refractivity contribution < 1.29 is 4.79 Å². The highest BCUT2D eigenvalue weighted by Gasteiger charge is 2.16. The minimum absolute atomic E-state index is 0.270. The van der Waals surface area contributed by atoms with E-state index in [1.165, 1.54) is 9.47 Å². The van der Waals surface area contributed by atoms with Crippen molar-refractivity contribution in [2.24, 2.45) is 0 Å². The van der Waals surface area contributed by atoms with Crippen LogP contribution in [0.25, 0.3) is 5.69 Å². The maximum absolute atomic E-state index is 12.6. The van der Waals surface area contributed by atoms with Gasteiger partial charge in [-0.05, 0) is 30.7 Å². The van der Waals surface area contributed by atoms with Crippen LogP contribution in [0.3, 0.4) is 0 Å². The number of carbonyl (C=O) groups excluding carboxylic acids is 1. The van der Waals surface area contributed by atoms with Crippen molar-refractivity contribution in [3.8, 4) is 5.69 Å². The van der Waals surface area contributed by atoms with Crippen LogP contribution in [0.2, 0.25) is 10.0 Å². The first kappa shape index (κ1) is 19.1. The van der Waals surface area contributed by atoms with E-state index in [9.17, 15) is 9.59 Å². The van der Waals surface area contributed by atoms with Crippen molar-refractivity contribution >= 4 is 34.9 Å². The number of nitrogens with one attached hydrogen (secondary N) is 2. The van der Waals surface area contributed by atoms with Gasteiger partial charge in [0.05, 0.1) is 21.4 Å². The zero-order valence-electron chi connectivity index (χ0n) is 14.8. The molecule has 3 rings (SSSR count). The minimum Gasteiger partial charge on any atom is -0.323 e. The Labute approximate surface area is 166 Å². The van der Waals surface area contributed by atoms with Crippen LogP contribution in [0.15, 0.2) is 53.5 Å². The molecule has 0 bridgehead atoms. The normalized spacial score (nSPS) is 10.7. The van der Waals surface area contributed by atoms with E-state index in [4.69, 9.17) is 23.2 Å². The Kier molecular flexibility index (Phi) is 5.58. The van der Waals surface area contributed by atoms with Crippen molar-refractivity contribution in [2.75, 3.05) is 12.4 Å². The Morgan fingerprint density at radius 2 is 1.93 bits per heavy atom. The van der Waals surface area contributed by atoms with E-state index in [1.807, 2.05) is 13.0 Å². The maximum Gasteiger partial charge on any atom is 0.330 e. The number of rotatable bonds is 4. The molecule has 8 heteroatoms. The fourth-order valence-electron chi connectivity index (χ4n) is 2.74. The number of halogens is 2. The van der Waals surface area contributed by atoms with Gasteiger partial charge in [-0.15, -0.1) is 0 Å². The maximum atomic E-state index is 12.6. The average Bonchev–Trinajstić information content (AvgIpc) is 2.98. The molecule has 0 aliphatic rings. The Bertz CT molecular complexity index is 1040. The van der Waals surface area contributed by atoms with Crippen molar-refractivity contribution in [3.05, 3.63) is 80.4 Å². The lowest BCUT2D eigenvalue weighted by Crippen LogP contribution is -2.31. The van der Waals surface area contributed by atoms with Gasteiger partial charge in [-0.2, -0.15) is 0 Å². The molecule has 6 nitrogen and oxygen atoms in total. The van der Waals surface area contributed by atoms with Gasteiger partial charge in [0.15, 0.2) is 0 Å².